The van der Waals surface area contributed by atoms with Crippen LogP contribution in [0.1, 0.15) is 27.7 Å². The van der Waals surface area contributed by atoms with Gasteiger partial charge in [0, 0.05) is 41.2 Å². The van der Waals surface area contributed by atoms with Crippen molar-refractivity contribution in [1.82, 2.24) is 9.71 Å². The van der Waals surface area contributed by atoms with E-state index in [1.807, 2.05) is 0 Å². The van der Waals surface area contributed by atoms with Crippen LogP contribution in [-0.2, 0) is 24.8 Å². The average Bonchev–Trinajstić information content (AvgIpc) is 3.33. The van der Waals surface area contributed by atoms with Crippen LogP contribution in [0.4, 0.5) is 11.4 Å². The topological polar surface area (TPSA) is 134 Å². The summed E-state index contributed by atoms with van der Waals surface area (Å²) >= 11 is 1.29. The Hall–Kier alpha value is -3.58. The molecule has 0 bridgehead atoms. The second-order valence-electron chi connectivity index (χ2n) is 9.77. The summed E-state index contributed by atoms with van der Waals surface area (Å²) in [6.07, 6.45) is 1.59. The Morgan fingerprint density at radius 2 is 1.49 bits per heavy atom. The molecule has 3 aromatic carbocycles. The molecule has 9 nitrogen and oxygen atoms in total. The zero-order valence-electron chi connectivity index (χ0n) is 21.7. The number of benzene rings is 3. The molecule has 0 spiro atoms. The van der Waals surface area contributed by atoms with Crippen molar-refractivity contribution < 1.29 is 21.6 Å². The smallest absolute Gasteiger partial charge is 0.261 e. The summed E-state index contributed by atoms with van der Waals surface area (Å²) < 4.78 is 57.1. The van der Waals surface area contributed by atoms with Gasteiger partial charge in [-0.3, -0.25) is 9.52 Å². The molecule has 39 heavy (non-hydrogen) atoms. The molecule has 12 heteroatoms. The van der Waals surface area contributed by atoms with E-state index in [0.29, 0.717) is 26.8 Å². The van der Waals surface area contributed by atoms with E-state index >= 15 is 0 Å². The standard InChI is InChI=1S/C27H28N4O5S3/c1-18(32)29-21-14-15-23(25(16-21)39(35,36)31-27(2,3)4)24-17-28-26(37-24)19-10-12-20(13-11-19)30-38(33,34)22-8-6-5-7-9-22/h5-17,30-31H,1-4H3,(H,29,32). The first-order valence-corrected chi connectivity index (χ1v) is 15.6. The van der Waals surface area contributed by atoms with Gasteiger partial charge in [0.05, 0.1) is 14.7 Å². The third-order valence-corrected chi connectivity index (χ3v) is 9.52. The van der Waals surface area contributed by atoms with Gasteiger partial charge in [0.2, 0.25) is 15.9 Å². The lowest BCUT2D eigenvalue weighted by molar-refractivity contribution is -0.114. The minimum Gasteiger partial charge on any atom is -0.326 e. The van der Waals surface area contributed by atoms with Gasteiger partial charge < -0.3 is 5.32 Å². The Balaban J connectivity index is 1.64. The van der Waals surface area contributed by atoms with Gasteiger partial charge in [-0.25, -0.2) is 26.5 Å². The summed E-state index contributed by atoms with van der Waals surface area (Å²) in [6.45, 7) is 6.59. The molecule has 3 N–H and O–H groups in total. The lowest BCUT2D eigenvalue weighted by Crippen LogP contribution is -2.40. The largest absolute Gasteiger partial charge is 0.326 e. The molecule has 0 atom stereocenters. The number of carbonyl (C=O) groups is 1. The van der Waals surface area contributed by atoms with Crippen LogP contribution < -0.4 is 14.8 Å². The van der Waals surface area contributed by atoms with E-state index in [0.717, 1.165) is 5.56 Å². The second kappa shape index (κ2) is 10.9. The van der Waals surface area contributed by atoms with Crippen molar-refractivity contribution in [1.29, 1.82) is 0 Å². The molecule has 0 saturated carbocycles. The molecule has 1 heterocycles. The van der Waals surface area contributed by atoms with Gasteiger partial charge in [-0.05, 0) is 69.3 Å². The Bertz CT molecular complexity index is 1710. The Morgan fingerprint density at radius 3 is 2.10 bits per heavy atom. The zero-order valence-corrected chi connectivity index (χ0v) is 24.2. The number of nitrogens with one attached hydrogen (secondary N) is 3. The van der Waals surface area contributed by atoms with Crippen molar-refractivity contribution in [3.05, 3.63) is 79.0 Å². The molecule has 4 rings (SSSR count). The molecule has 1 amide bonds. The summed E-state index contributed by atoms with van der Waals surface area (Å²) in [7, 11) is -7.66. The van der Waals surface area contributed by atoms with E-state index < -0.39 is 25.6 Å². The summed E-state index contributed by atoms with van der Waals surface area (Å²) in [5, 5.41) is 3.25. The summed E-state index contributed by atoms with van der Waals surface area (Å²) in [6, 6.07) is 19.6. The molecule has 0 fully saturated rings. The van der Waals surface area contributed by atoms with Crippen LogP contribution in [0.25, 0.3) is 21.0 Å². The summed E-state index contributed by atoms with van der Waals surface area (Å²) in [5.41, 5.74) is 1.22. The highest BCUT2D eigenvalue weighted by atomic mass is 32.2. The normalized spacial score (nSPS) is 12.2. The van der Waals surface area contributed by atoms with Crippen molar-refractivity contribution in [2.24, 2.45) is 0 Å². The zero-order chi connectivity index (χ0) is 28.4. The van der Waals surface area contributed by atoms with Gasteiger partial charge in [-0.2, -0.15) is 0 Å². The molecular weight excluding hydrogens is 557 g/mol. The van der Waals surface area contributed by atoms with Crippen LogP contribution in [0, 0.1) is 0 Å². The molecule has 4 aromatic rings. The number of anilines is 2. The molecule has 204 valence electrons. The van der Waals surface area contributed by atoms with E-state index in [2.05, 4.69) is 19.7 Å². The van der Waals surface area contributed by atoms with E-state index in [4.69, 9.17) is 0 Å². The Kier molecular flexibility index (Phi) is 7.94. The Labute approximate surface area is 232 Å². The van der Waals surface area contributed by atoms with Gasteiger partial charge in [0.15, 0.2) is 0 Å². The summed E-state index contributed by atoms with van der Waals surface area (Å²) in [5.74, 6) is -0.315. The van der Waals surface area contributed by atoms with Crippen LogP contribution in [0.3, 0.4) is 0 Å². The second-order valence-corrected chi connectivity index (χ2v) is 14.1. The van der Waals surface area contributed by atoms with Crippen molar-refractivity contribution in [3.8, 4) is 21.0 Å². The molecule has 1 aromatic heterocycles. The van der Waals surface area contributed by atoms with Gasteiger partial charge in [0.1, 0.15) is 5.01 Å². The predicted molar refractivity (Wildman–Crippen MR) is 155 cm³/mol. The monoisotopic (exact) mass is 584 g/mol. The SMILES string of the molecule is CC(=O)Nc1ccc(-c2cnc(-c3ccc(NS(=O)(=O)c4ccccc4)cc3)s2)c(S(=O)(=O)NC(C)(C)C)c1. The van der Waals surface area contributed by atoms with Crippen molar-refractivity contribution >= 4 is 48.7 Å². The average molecular weight is 585 g/mol. The fourth-order valence-corrected chi connectivity index (χ4v) is 7.49. The van der Waals surface area contributed by atoms with Gasteiger partial charge >= 0.3 is 0 Å². The van der Waals surface area contributed by atoms with Gasteiger partial charge in [0.25, 0.3) is 10.0 Å². The molecule has 0 unspecified atom stereocenters. The maximum Gasteiger partial charge on any atom is 0.261 e. The van der Waals surface area contributed by atoms with Crippen LogP contribution in [-0.4, -0.2) is 33.3 Å². The molecule has 0 radical (unpaired) electrons. The molecule has 0 aliphatic heterocycles. The summed E-state index contributed by atoms with van der Waals surface area (Å²) in [4.78, 5) is 16.8. The fraction of sp³-hybridized carbons (Fsp3) is 0.185. The molecule has 0 aliphatic rings. The van der Waals surface area contributed by atoms with Crippen LogP contribution >= 0.6 is 11.3 Å². The number of aromatic nitrogens is 1. The molecular formula is C27H28N4O5S3. The third-order valence-electron chi connectivity index (χ3n) is 5.24. The maximum absolute atomic E-state index is 13.3. The fourth-order valence-electron chi connectivity index (χ4n) is 3.71. The van der Waals surface area contributed by atoms with Crippen molar-refractivity contribution in [3.63, 3.8) is 0 Å². The number of hydrogen-bond donors (Lipinski definition) is 3. The van der Waals surface area contributed by atoms with Crippen LogP contribution in [0.15, 0.2) is 88.8 Å². The van der Waals surface area contributed by atoms with E-state index in [9.17, 15) is 21.6 Å². The predicted octanol–water partition coefficient (Wildman–Crippen LogP) is 5.31. The number of nitrogens with zero attached hydrogens (tertiary/aromatic N) is 1. The number of hydrogen-bond acceptors (Lipinski definition) is 7. The lowest BCUT2D eigenvalue weighted by atomic mass is 10.1. The highest BCUT2D eigenvalue weighted by Crippen LogP contribution is 2.37. The van der Waals surface area contributed by atoms with Crippen LogP contribution in [0.2, 0.25) is 0 Å². The number of thiazole rings is 1. The minimum atomic E-state index is -3.94. The number of rotatable bonds is 8. The van der Waals surface area contributed by atoms with Crippen molar-refractivity contribution in [2.45, 2.75) is 43.0 Å². The highest BCUT2D eigenvalue weighted by Gasteiger charge is 2.26. The first kappa shape index (κ1) is 28.4. The number of carbonyl (C=O) groups excluding carboxylic acids is 1. The van der Waals surface area contributed by atoms with E-state index in [1.165, 1.54) is 36.5 Å². The first-order chi connectivity index (χ1) is 18.2. The molecule has 0 aliphatic carbocycles. The number of amides is 1. The number of sulfonamides is 2. The maximum atomic E-state index is 13.3. The van der Waals surface area contributed by atoms with Crippen LogP contribution in [0.5, 0.6) is 0 Å². The highest BCUT2D eigenvalue weighted by molar-refractivity contribution is 7.92. The van der Waals surface area contributed by atoms with E-state index in [1.54, 1.807) is 81.6 Å². The minimum absolute atomic E-state index is 0.0181. The lowest BCUT2D eigenvalue weighted by Gasteiger charge is -2.22. The van der Waals surface area contributed by atoms with Gasteiger partial charge in [-0.1, -0.05) is 24.3 Å². The quantitative estimate of drug-likeness (QED) is 0.257. The molecule has 0 saturated heterocycles. The van der Waals surface area contributed by atoms with Gasteiger partial charge in [-0.15, -0.1) is 11.3 Å². The first-order valence-electron chi connectivity index (χ1n) is 11.8. The van der Waals surface area contributed by atoms with Crippen molar-refractivity contribution in [2.75, 3.05) is 10.0 Å². The Morgan fingerprint density at radius 1 is 0.846 bits per heavy atom. The third kappa shape index (κ3) is 7.09. The van der Waals surface area contributed by atoms with E-state index in [-0.39, 0.29) is 15.7 Å².